The van der Waals surface area contributed by atoms with E-state index in [0.717, 1.165) is 0 Å². The average molecular weight is 186 g/mol. The maximum absolute atomic E-state index is 6.63. The summed E-state index contributed by atoms with van der Waals surface area (Å²) in [5.74, 6) is 0. The van der Waals surface area contributed by atoms with Gasteiger partial charge in [-0.15, -0.1) is 0 Å². The zero-order valence-electron chi connectivity index (χ0n) is 5.58. The average Bonchev–Trinajstić information content (AvgIpc) is 1.94. The first-order chi connectivity index (χ1) is 4.41. The van der Waals surface area contributed by atoms with Crippen LogP contribution in [-0.4, -0.2) is 36.7 Å². The van der Waals surface area contributed by atoms with Crippen molar-refractivity contribution >= 4 is 0 Å². The summed E-state index contributed by atoms with van der Waals surface area (Å²) in [6.07, 6.45) is 0. The van der Waals surface area contributed by atoms with Gasteiger partial charge in [-0.3, -0.25) is 10.5 Å². The second-order valence-electron chi connectivity index (χ2n) is 1.17. The zero-order valence-corrected chi connectivity index (χ0v) is 6.85. The molecule has 0 aliphatic rings. The van der Waals surface area contributed by atoms with Crippen LogP contribution in [0.15, 0.2) is 0 Å². The Hall–Kier alpha value is 0.332. The van der Waals surface area contributed by atoms with Crippen molar-refractivity contribution in [3.8, 4) is 0 Å². The number of nitrogens with zero attached hydrogens (tertiary/aromatic N) is 1. The van der Waals surface area contributed by atoms with Gasteiger partial charge in [-0.05, 0) is 0 Å². The van der Waals surface area contributed by atoms with E-state index in [4.69, 9.17) is 22.0 Å². The molecule has 0 amide bonds. The molecule has 0 rings (SSSR count). The molecular formula is C4H12CrN3O2. The van der Waals surface area contributed by atoms with Gasteiger partial charge in [0.2, 0.25) is 0 Å². The standard InChI is InChI=1S/C4H10N3.Cr.H2O2/c5-1-3-7-4-2-6;;1-2/h5-6H,1-4H2;;1-2H/q-3;+3;. The molecule has 0 aliphatic carbocycles. The Morgan fingerprint density at radius 3 is 1.50 bits per heavy atom. The van der Waals surface area contributed by atoms with Crippen LogP contribution in [0.3, 0.4) is 0 Å². The Balaban J connectivity index is -0.000000149. The molecule has 0 aromatic rings. The van der Waals surface area contributed by atoms with Gasteiger partial charge in [0.25, 0.3) is 0 Å². The number of nitrogens with one attached hydrogen (secondary N) is 2. The largest absolute Gasteiger partial charge is 3.00 e. The Morgan fingerprint density at radius 1 is 1.00 bits per heavy atom. The van der Waals surface area contributed by atoms with Gasteiger partial charge in [-0.25, -0.2) is 0 Å². The quantitative estimate of drug-likeness (QED) is 0.394. The van der Waals surface area contributed by atoms with Crippen LogP contribution in [0.25, 0.3) is 16.8 Å². The number of hydrogen-bond donors (Lipinski definition) is 2. The molecule has 5 nitrogen and oxygen atoms in total. The molecule has 0 bridgehead atoms. The van der Waals surface area contributed by atoms with Gasteiger partial charge < -0.3 is 16.8 Å². The van der Waals surface area contributed by atoms with E-state index >= 15 is 0 Å². The van der Waals surface area contributed by atoms with Gasteiger partial charge in [-0.1, -0.05) is 0 Å². The molecule has 4 N–H and O–H groups in total. The summed E-state index contributed by atoms with van der Waals surface area (Å²) < 4.78 is 0. The van der Waals surface area contributed by atoms with Crippen LogP contribution in [-0.2, 0) is 17.4 Å². The van der Waals surface area contributed by atoms with Gasteiger partial charge in [-0.2, -0.15) is 26.2 Å². The van der Waals surface area contributed by atoms with Crippen molar-refractivity contribution in [2.45, 2.75) is 0 Å². The summed E-state index contributed by atoms with van der Waals surface area (Å²) in [6.45, 7) is 1.91. The number of rotatable bonds is 4. The Morgan fingerprint density at radius 2 is 1.30 bits per heavy atom. The molecule has 0 aromatic carbocycles. The molecule has 0 unspecified atom stereocenters. The van der Waals surface area contributed by atoms with E-state index in [1.165, 1.54) is 0 Å². The molecule has 0 saturated carbocycles. The third kappa shape index (κ3) is 23.9. The summed E-state index contributed by atoms with van der Waals surface area (Å²) in [4.78, 5) is 0. The monoisotopic (exact) mass is 186 g/mol. The minimum atomic E-state index is 0. The van der Waals surface area contributed by atoms with E-state index in [9.17, 15) is 0 Å². The SMILES string of the molecule is OO.[Cr+3].[NH-]CC[N-]CC[NH-]. The first-order valence-corrected chi connectivity index (χ1v) is 2.54. The summed E-state index contributed by atoms with van der Waals surface area (Å²) in [6, 6.07) is 0. The van der Waals surface area contributed by atoms with Crippen molar-refractivity contribution in [2.75, 3.05) is 26.2 Å². The van der Waals surface area contributed by atoms with E-state index in [-0.39, 0.29) is 17.4 Å². The van der Waals surface area contributed by atoms with Crippen molar-refractivity contribution in [3.63, 3.8) is 0 Å². The first-order valence-electron chi connectivity index (χ1n) is 2.54. The minimum Gasteiger partial charge on any atom is -0.679 e. The van der Waals surface area contributed by atoms with E-state index in [1.54, 1.807) is 0 Å². The van der Waals surface area contributed by atoms with Crippen LogP contribution in [0.1, 0.15) is 0 Å². The van der Waals surface area contributed by atoms with Crippen LogP contribution in [0.4, 0.5) is 0 Å². The van der Waals surface area contributed by atoms with Crippen LogP contribution in [0.2, 0.25) is 0 Å². The van der Waals surface area contributed by atoms with Crippen molar-refractivity contribution in [1.29, 1.82) is 0 Å². The Kier molecular flexibility index (Phi) is 38.1. The van der Waals surface area contributed by atoms with Gasteiger partial charge in [0, 0.05) is 0 Å². The molecule has 10 heavy (non-hydrogen) atoms. The summed E-state index contributed by atoms with van der Waals surface area (Å²) in [7, 11) is 0. The summed E-state index contributed by atoms with van der Waals surface area (Å²) >= 11 is 0. The first kappa shape index (κ1) is 16.7. The minimum absolute atomic E-state index is 0. The predicted molar refractivity (Wildman–Crippen MR) is 36.7 cm³/mol. The normalized spacial score (nSPS) is 7.20. The van der Waals surface area contributed by atoms with Crippen molar-refractivity contribution < 1.29 is 27.9 Å². The van der Waals surface area contributed by atoms with E-state index in [2.05, 4.69) is 5.32 Å². The molecule has 0 heterocycles. The molecule has 0 spiro atoms. The second kappa shape index (κ2) is 22.8. The van der Waals surface area contributed by atoms with Crippen molar-refractivity contribution in [1.82, 2.24) is 0 Å². The fourth-order valence-corrected chi connectivity index (χ4v) is 0.270. The molecule has 6 heteroatoms. The van der Waals surface area contributed by atoms with Crippen LogP contribution >= 0.6 is 0 Å². The van der Waals surface area contributed by atoms with E-state index in [1.807, 2.05) is 0 Å². The van der Waals surface area contributed by atoms with Crippen LogP contribution in [0.5, 0.6) is 0 Å². The maximum Gasteiger partial charge on any atom is 3.00 e. The third-order valence-electron chi connectivity index (χ3n) is 0.540. The molecule has 61 valence electrons. The molecule has 0 aromatic heterocycles. The smallest absolute Gasteiger partial charge is 0.679 e. The summed E-state index contributed by atoms with van der Waals surface area (Å²) in [5, 5.41) is 15.8. The van der Waals surface area contributed by atoms with E-state index in [0.29, 0.717) is 26.2 Å². The van der Waals surface area contributed by atoms with Crippen molar-refractivity contribution in [2.24, 2.45) is 0 Å². The summed E-state index contributed by atoms with van der Waals surface area (Å²) in [5.41, 5.74) is 13.3. The molecular weight excluding hydrogens is 174 g/mol. The second-order valence-corrected chi connectivity index (χ2v) is 1.17. The van der Waals surface area contributed by atoms with Gasteiger partial charge in [0.15, 0.2) is 0 Å². The van der Waals surface area contributed by atoms with E-state index < -0.39 is 0 Å². The zero-order chi connectivity index (χ0) is 7.54. The van der Waals surface area contributed by atoms with Gasteiger partial charge in [0.1, 0.15) is 0 Å². The van der Waals surface area contributed by atoms with Gasteiger partial charge >= 0.3 is 17.4 Å². The molecule has 0 fully saturated rings. The van der Waals surface area contributed by atoms with Crippen LogP contribution < -0.4 is 0 Å². The molecule has 0 aliphatic heterocycles. The Bertz CT molecular complexity index is 37.7. The fourth-order valence-electron chi connectivity index (χ4n) is 0.270. The fraction of sp³-hybridized carbons (Fsp3) is 1.00. The number of hydrogen-bond acceptors (Lipinski definition) is 2. The topological polar surface area (TPSA) is 102 Å². The predicted octanol–water partition coefficient (Wildman–Crippen LogP) is 1.48. The molecule has 0 saturated heterocycles. The van der Waals surface area contributed by atoms with Gasteiger partial charge in [0.05, 0.1) is 0 Å². The van der Waals surface area contributed by atoms with Crippen molar-refractivity contribution in [3.05, 3.63) is 16.8 Å². The van der Waals surface area contributed by atoms with Crippen LogP contribution in [0, 0.1) is 0 Å². The molecule has 1 radical (unpaired) electrons. The maximum atomic E-state index is 6.63. The third-order valence-corrected chi connectivity index (χ3v) is 0.540. The molecule has 0 atom stereocenters. The Labute approximate surface area is 71.5 Å².